The van der Waals surface area contributed by atoms with Gasteiger partial charge in [0.1, 0.15) is 0 Å². The molecule has 0 bridgehead atoms. The molecule has 0 heterocycles. The highest BCUT2D eigenvalue weighted by Gasteiger charge is 1.91. The molecule has 0 aromatic heterocycles. The maximum atomic E-state index is 9.31. The van der Waals surface area contributed by atoms with Crippen molar-refractivity contribution in [1.29, 1.82) is 0 Å². The number of rotatable bonds is 3. The smallest absolute Gasteiger partial charge is 0.230 e. The van der Waals surface area contributed by atoms with Crippen LogP contribution in [0.15, 0.2) is 60.7 Å². The van der Waals surface area contributed by atoms with Crippen molar-refractivity contribution in [3.63, 3.8) is 0 Å². The van der Waals surface area contributed by atoms with E-state index in [0.29, 0.717) is 5.01 Å². The third kappa shape index (κ3) is 4.59. The van der Waals surface area contributed by atoms with Crippen molar-refractivity contribution >= 4 is 12.8 Å². The van der Waals surface area contributed by atoms with Crippen LogP contribution >= 0.6 is 0 Å². The lowest BCUT2D eigenvalue weighted by molar-refractivity contribution is -0.129. The molecule has 92 valence electrons. The molecule has 2 rings (SSSR count). The number of imide groups is 1. The van der Waals surface area contributed by atoms with Crippen molar-refractivity contribution in [2.45, 2.75) is 0 Å². The van der Waals surface area contributed by atoms with E-state index in [1.807, 2.05) is 12.1 Å². The number of nitrogens with zero attached hydrogens (tertiary/aromatic N) is 1. The first-order chi connectivity index (χ1) is 8.77. The fourth-order valence-electron chi connectivity index (χ4n) is 1.29. The number of nitrogens with two attached hydrogens (primary N) is 1. The van der Waals surface area contributed by atoms with Gasteiger partial charge >= 0.3 is 0 Å². The van der Waals surface area contributed by atoms with Gasteiger partial charge in [-0.3, -0.25) is 9.59 Å². The Balaban J connectivity index is 0.000000232. The molecule has 0 atom stereocenters. The molecule has 4 heteroatoms. The monoisotopic (exact) mass is 242 g/mol. The Bertz CT molecular complexity index is 426. The SMILES string of the molecule is NN(C=O)C=O.c1ccc(-c2ccccc2)cc1. The number of carbonyl (C=O) groups excluding carboxylic acids is 2. The van der Waals surface area contributed by atoms with Crippen LogP contribution in [0, 0.1) is 0 Å². The predicted octanol–water partition coefficient (Wildman–Crippen LogP) is 1.83. The van der Waals surface area contributed by atoms with Crippen LogP contribution in [-0.2, 0) is 9.59 Å². The molecule has 0 aliphatic rings. The second kappa shape index (κ2) is 7.76. The van der Waals surface area contributed by atoms with Crippen LogP contribution in [0.5, 0.6) is 0 Å². The minimum Gasteiger partial charge on any atom is -0.277 e. The first-order valence-corrected chi connectivity index (χ1v) is 5.32. The Labute approximate surface area is 106 Å². The van der Waals surface area contributed by atoms with Crippen molar-refractivity contribution in [1.82, 2.24) is 5.01 Å². The summed E-state index contributed by atoms with van der Waals surface area (Å²) in [5.74, 6) is 4.57. The zero-order valence-corrected chi connectivity index (χ0v) is 9.77. The summed E-state index contributed by atoms with van der Waals surface area (Å²) in [6.07, 6.45) is 0.431. The molecular weight excluding hydrogens is 228 g/mol. The average Bonchev–Trinajstić information content (AvgIpc) is 2.49. The Hall–Kier alpha value is -2.46. The predicted molar refractivity (Wildman–Crippen MR) is 70.0 cm³/mol. The molecule has 2 aromatic rings. The van der Waals surface area contributed by atoms with Crippen molar-refractivity contribution in [3.8, 4) is 11.1 Å². The zero-order valence-electron chi connectivity index (χ0n) is 9.77. The molecule has 0 unspecified atom stereocenters. The minimum atomic E-state index is 0.215. The Morgan fingerprint density at radius 2 is 1.06 bits per heavy atom. The van der Waals surface area contributed by atoms with Gasteiger partial charge in [0.2, 0.25) is 12.8 Å². The summed E-state index contributed by atoms with van der Waals surface area (Å²) in [6.45, 7) is 0. The molecule has 2 N–H and O–H groups in total. The lowest BCUT2D eigenvalue weighted by Crippen LogP contribution is -2.26. The molecule has 0 aliphatic carbocycles. The molecule has 0 radical (unpaired) electrons. The maximum absolute atomic E-state index is 9.31. The van der Waals surface area contributed by atoms with Crippen LogP contribution in [0.4, 0.5) is 0 Å². The second-order valence-electron chi connectivity index (χ2n) is 3.39. The van der Waals surface area contributed by atoms with E-state index in [1.165, 1.54) is 11.1 Å². The van der Waals surface area contributed by atoms with Crippen LogP contribution in [0.25, 0.3) is 11.1 Å². The largest absolute Gasteiger partial charge is 0.277 e. The number of amides is 2. The van der Waals surface area contributed by atoms with Crippen LogP contribution in [0.3, 0.4) is 0 Å². The van der Waals surface area contributed by atoms with Crippen LogP contribution in [0.1, 0.15) is 0 Å². The van der Waals surface area contributed by atoms with Gasteiger partial charge in [0.15, 0.2) is 0 Å². The lowest BCUT2D eigenvalue weighted by Gasteiger charge is -1.98. The van der Waals surface area contributed by atoms with Gasteiger partial charge in [-0.2, -0.15) is 0 Å². The molecule has 2 aromatic carbocycles. The van der Waals surface area contributed by atoms with E-state index >= 15 is 0 Å². The van der Waals surface area contributed by atoms with Gasteiger partial charge in [-0.1, -0.05) is 60.7 Å². The van der Waals surface area contributed by atoms with E-state index in [1.54, 1.807) is 0 Å². The molecule has 0 aliphatic heterocycles. The number of benzene rings is 2. The fraction of sp³-hybridized carbons (Fsp3) is 0. The highest BCUT2D eigenvalue weighted by Crippen LogP contribution is 2.17. The average molecular weight is 242 g/mol. The topological polar surface area (TPSA) is 63.4 Å². The van der Waals surface area contributed by atoms with Crippen molar-refractivity contribution < 1.29 is 9.59 Å². The Kier molecular flexibility index (Phi) is 5.86. The van der Waals surface area contributed by atoms with Gasteiger partial charge in [-0.15, -0.1) is 0 Å². The standard InChI is InChI=1S/C12H10.C2H4N2O2/c1-3-7-11(8-4-1)12-9-5-2-6-10-12;3-4(1-5)2-6/h1-10H;1-2H,3H2. The maximum Gasteiger partial charge on any atom is 0.230 e. The normalized spacial score (nSPS) is 8.72. The molecular formula is C14H14N2O2. The number of hydrazine groups is 1. The van der Waals surface area contributed by atoms with Crippen LogP contribution in [-0.4, -0.2) is 17.8 Å². The van der Waals surface area contributed by atoms with E-state index in [9.17, 15) is 9.59 Å². The summed E-state index contributed by atoms with van der Waals surface area (Å²) >= 11 is 0. The highest BCUT2D eigenvalue weighted by atomic mass is 16.2. The third-order valence-electron chi connectivity index (χ3n) is 2.12. The molecule has 2 amide bonds. The number of hydrogen-bond donors (Lipinski definition) is 1. The first kappa shape index (κ1) is 13.6. The van der Waals surface area contributed by atoms with Crippen molar-refractivity contribution in [2.24, 2.45) is 5.84 Å². The molecule has 4 nitrogen and oxygen atoms in total. The lowest BCUT2D eigenvalue weighted by atomic mass is 10.1. The van der Waals surface area contributed by atoms with E-state index in [-0.39, 0.29) is 12.8 Å². The van der Waals surface area contributed by atoms with Gasteiger partial charge in [0, 0.05) is 0 Å². The van der Waals surface area contributed by atoms with Crippen molar-refractivity contribution in [3.05, 3.63) is 60.7 Å². The number of carbonyl (C=O) groups is 2. The zero-order chi connectivity index (χ0) is 13.2. The summed E-state index contributed by atoms with van der Waals surface area (Å²) in [5, 5.41) is 0.389. The van der Waals surface area contributed by atoms with Crippen molar-refractivity contribution in [2.75, 3.05) is 0 Å². The minimum absolute atomic E-state index is 0.215. The summed E-state index contributed by atoms with van der Waals surface area (Å²) in [4.78, 5) is 18.6. The Morgan fingerprint density at radius 1 is 0.722 bits per heavy atom. The fourth-order valence-corrected chi connectivity index (χ4v) is 1.29. The molecule has 0 fully saturated rings. The van der Waals surface area contributed by atoms with E-state index < -0.39 is 0 Å². The van der Waals surface area contributed by atoms with E-state index in [2.05, 4.69) is 54.4 Å². The summed E-state index contributed by atoms with van der Waals surface area (Å²) in [7, 11) is 0. The quantitative estimate of drug-likeness (QED) is 0.386. The van der Waals surface area contributed by atoms with E-state index in [0.717, 1.165) is 0 Å². The Morgan fingerprint density at radius 3 is 1.28 bits per heavy atom. The molecule has 0 saturated carbocycles. The van der Waals surface area contributed by atoms with Gasteiger partial charge < -0.3 is 0 Å². The van der Waals surface area contributed by atoms with Gasteiger partial charge in [0.25, 0.3) is 0 Å². The summed E-state index contributed by atoms with van der Waals surface area (Å²) in [6, 6.07) is 20.8. The first-order valence-electron chi connectivity index (χ1n) is 5.32. The van der Waals surface area contributed by atoms with Gasteiger partial charge in [-0.25, -0.2) is 10.9 Å². The van der Waals surface area contributed by atoms with Crippen LogP contribution in [0.2, 0.25) is 0 Å². The highest BCUT2D eigenvalue weighted by molar-refractivity contribution is 5.66. The van der Waals surface area contributed by atoms with E-state index in [4.69, 9.17) is 0 Å². The molecule has 18 heavy (non-hydrogen) atoms. The third-order valence-corrected chi connectivity index (χ3v) is 2.12. The van der Waals surface area contributed by atoms with Gasteiger partial charge in [-0.05, 0) is 11.1 Å². The molecule has 0 saturated heterocycles. The van der Waals surface area contributed by atoms with Gasteiger partial charge in [0.05, 0.1) is 0 Å². The second-order valence-corrected chi connectivity index (χ2v) is 3.39. The summed E-state index contributed by atoms with van der Waals surface area (Å²) < 4.78 is 0. The van der Waals surface area contributed by atoms with Crippen LogP contribution < -0.4 is 5.84 Å². The molecule has 0 spiro atoms. The summed E-state index contributed by atoms with van der Waals surface area (Å²) in [5.41, 5.74) is 2.55. The number of hydrogen-bond acceptors (Lipinski definition) is 3.